The molecule has 7 heteroatoms. The molecule has 1 aliphatic carbocycles. The van der Waals surface area contributed by atoms with E-state index in [0.717, 1.165) is 12.0 Å². The van der Waals surface area contributed by atoms with E-state index >= 15 is 0 Å². The van der Waals surface area contributed by atoms with Gasteiger partial charge < -0.3 is 5.32 Å². The molecule has 4 rings (SSSR count). The molecule has 1 fully saturated rings. The summed E-state index contributed by atoms with van der Waals surface area (Å²) in [6.07, 6.45) is 5.66. The Labute approximate surface area is 141 Å². The van der Waals surface area contributed by atoms with Gasteiger partial charge in [0.25, 0.3) is 5.91 Å². The van der Waals surface area contributed by atoms with Crippen molar-refractivity contribution in [2.24, 2.45) is 0 Å². The second-order valence-electron chi connectivity index (χ2n) is 5.60. The van der Waals surface area contributed by atoms with Gasteiger partial charge in [0, 0.05) is 29.7 Å². The van der Waals surface area contributed by atoms with Gasteiger partial charge in [-0.3, -0.25) is 14.8 Å². The van der Waals surface area contributed by atoms with E-state index in [1.54, 1.807) is 36.1 Å². The highest BCUT2D eigenvalue weighted by Crippen LogP contribution is 2.40. The lowest BCUT2D eigenvalue weighted by Gasteiger charge is -2.03. The van der Waals surface area contributed by atoms with Crippen molar-refractivity contribution in [3.8, 4) is 10.7 Å². The zero-order chi connectivity index (χ0) is 16.5. The first-order valence-corrected chi connectivity index (χ1v) is 8.37. The number of carbonyl (C=O) groups excluding carboxylic acids is 1. The Morgan fingerprint density at radius 3 is 2.83 bits per heavy atom. The first-order chi connectivity index (χ1) is 11.7. The molecule has 1 aliphatic rings. The van der Waals surface area contributed by atoms with Crippen LogP contribution >= 0.6 is 11.3 Å². The van der Waals surface area contributed by atoms with E-state index in [1.807, 2.05) is 0 Å². The van der Waals surface area contributed by atoms with Gasteiger partial charge in [-0.15, -0.1) is 11.3 Å². The maximum Gasteiger partial charge on any atom is 0.271 e. The van der Waals surface area contributed by atoms with Gasteiger partial charge in [-0.25, -0.2) is 9.37 Å². The lowest BCUT2D eigenvalue weighted by molar-refractivity contribution is 0.0946. The van der Waals surface area contributed by atoms with E-state index in [-0.39, 0.29) is 23.7 Å². The molecular formula is C17H13FN4OS. The fourth-order valence-electron chi connectivity index (χ4n) is 2.58. The molecule has 3 aromatic rings. The summed E-state index contributed by atoms with van der Waals surface area (Å²) in [5.41, 5.74) is 2.07. The fraction of sp³-hybridized carbons (Fsp3) is 0.176. The minimum absolute atomic E-state index is 0.0737. The number of hydrogen-bond donors (Lipinski definition) is 1. The average molecular weight is 340 g/mol. The average Bonchev–Trinajstić information content (AvgIpc) is 3.19. The molecule has 2 aromatic heterocycles. The van der Waals surface area contributed by atoms with Gasteiger partial charge in [-0.1, -0.05) is 12.1 Å². The summed E-state index contributed by atoms with van der Waals surface area (Å²) in [6.45, 7) is 0. The smallest absolute Gasteiger partial charge is 0.271 e. The minimum atomic E-state index is -0.251. The largest absolute Gasteiger partial charge is 0.347 e. The quantitative estimate of drug-likeness (QED) is 0.793. The van der Waals surface area contributed by atoms with Crippen LogP contribution in [0, 0.1) is 5.82 Å². The molecule has 0 saturated heterocycles. The number of nitrogens with one attached hydrogen (secondary N) is 1. The highest BCUT2D eigenvalue weighted by atomic mass is 32.1. The number of aromatic nitrogens is 3. The molecule has 1 N–H and O–H groups in total. The number of carbonyl (C=O) groups is 1. The monoisotopic (exact) mass is 340 g/mol. The van der Waals surface area contributed by atoms with Gasteiger partial charge in [-0.05, 0) is 24.1 Å². The molecule has 1 amide bonds. The van der Waals surface area contributed by atoms with Gasteiger partial charge in [-0.2, -0.15) is 0 Å². The third kappa shape index (κ3) is 3.03. The summed E-state index contributed by atoms with van der Waals surface area (Å²) in [5, 5.41) is 5.36. The minimum Gasteiger partial charge on any atom is -0.347 e. The van der Waals surface area contributed by atoms with Gasteiger partial charge >= 0.3 is 0 Å². The van der Waals surface area contributed by atoms with Crippen LogP contribution in [0.15, 0.2) is 48.2 Å². The van der Waals surface area contributed by atoms with E-state index in [9.17, 15) is 9.18 Å². The molecule has 24 heavy (non-hydrogen) atoms. The molecule has 5 nitrogen and oxygen atoms in total. The van der Waals surface area contributed by atoms with E-state index in [2.05, 4.69) is 20.3 Å². The Morgan fingerprint density at radius 2 is 2.08 bits per heavy atom. The van der Waals surface area contributed by atoms with Gasteiger partial charge in [0.05, 0.1) is 6.20 Å². The van der Waals surface area contributed by atoms with Crippen LogP contribution in [0.4, 0.5) is 4.39 Å². The number of benzene rings is 1. The summed E-state index contributed by atoms with van der Waals surface area (Å²) in [7, 11) is 0. The van der Waals surface area contributed by atoms with Crippen molar-refractivity contribution >= 4 is 17.2 Å². The predicted octanol–water partition coefficient (Wildman–Crippen LogP) is 3.03. The summed E-state index contributed by atoms with van der Waals surface area (Å²) in [4.78, 5) is 24.8. The number of rotatable bonds is 4. The second-order valence-corrected chi connectivity index (χ2v) is 6.46. The molecule has 1 aromatic carbocycles. The summed E-state index contributed by atoms with van der Waals surface area (Å²) in [6, 6.07) is 6.49. The van der Waals surface area contributed by atoms with Gasteiger partial charge in [0.15, 0.2) is 0 Å². The Bertz CT molecular complexity index is 866. The Morgan fingerprint density at radius 1 is 1.25 bits per heavy atom. The number of nitrogens with zero attached hydrogens (tertiary/aromatic N) is 3. The van der Waals surface area contributed by atoms with Crippen molar-refractivity contribution < 1.29 is 9.18 Å². The van der Waals surface area contributed by atoms with Crippen LogP contribution in [-0.2, 0) is 0 Å². The Kier molecular flexibility index (Phi) is 3.78. The van der Waals surface area contributed by atoms with Crippen LogP contribution in [0.5, 0.6) is 0 Å². The summed E-state index contributed by atoms with van der Waals surface area (Å²) in [5.74, 6) is -0.206. The molecule has 0 spiro atoms. The molecule has 0 unspecified atom stereocenters. The lowest BCUT2D eigenvalue weighted by atomic mass is 10.1. The van der Waals surface area contributed by atoms with Crippen molar-refractivity contribution in [1.82, 2.24) is 20.3 Å². The van der Waals surface area contributed by atoms with Crippen LogP contribution in [-0.4, -0.2) is 26.9 Å². The van der Waals surface area contributed by atoms with Crippen LogP contribution in [0.2, 0.25) is 0 Å². The third-order valence-corrected chi connectivity index (χ3v) is 4.79. The molecule has 2 heterocycles. The van der Waals surface area contributed by atoms with Crippen molar-refractivity contribution in [3.63, 3.8) is 0 Å². The highest BCUT2D eigenvalue weighted by Gasteiger charge is 2.39. The fourth-order valence-corrected chi connectivity index (χ4v) is 3.34. The van der Waals surface area contributed by atoms with Crippen molar-refractivity contribution in [1.29, 1.82) is 0 Å². The van der Waals surface area contributed by atoms with Crippen molar-refractivity contribution in [2.45, 2.75) is 18.4 Å². The molecule has 0 radical (unpaired) electrons. The number of amides is 1. The normalized spacial score (nSPS) is 19.0. The molecule has 2 atom stereocenters. The SMILES string of the molecule is O=C(N[C@@H]1C[C@@H]1c1ccc(F)cc1)c1csc(-c2cnccn2)n1. The Hall–Kier alpha value is -2.67. The van der Waals surface area contributed by atoms with Crippen molar-refractivity contribution in [2.75, 3.05) is 0 Å². The van der Waals surface area contributed by atoms with Crippen LogP contribution in [0.25, 0.3) is 10.7 Å². The van der Waals surface area contributed by atoms with Gasteiger partial charge in [0.1, 0.15) is 22.2 Å². The third-order valence-electron chi connectivity index (χ3n) is 3.92. The van der Waals surface area contributed by atoms with Gasteiger partial charge in [0.2, 0.25) is 0 Å². The van der Waals surface area contributed by atoms with Crippen LogP contribution in [0.3, 0.4) is 0 Å². The highest BCUT2D eigenvalue weighted by molar-refractivity contribution is 7.13. The summed E-state index contributed by atoms with van der Waals surface area (Å²) < 4.78 is 13.0. The zero-order valence-electron chi connectivity index (χ0n) is 12.5. The molecule has 1 saturated carbocycles. The topological polar surface area (TPSA) is 67.8 Å². The van der Waals surface area contributed by atoms with E-state index in [0.29, 0.717) is 16.4 Å². The predicted molar refractivity (Wildman–Crippen MR) is 88.2 cm³/mol. The second kappa shape index (κ2) is 6.09. The zero-order valence-corrected chi connectivity index (χ0v) is 13.3. The maximum atomic E-state index is 13.0. The lowest BCUT2D eigenvalue weighted by Crippen LogP contribution is -2.26. The summed E-state index contributed by atoms with van der Waals surface area (Å²) >= 11 is 1.36. The molecule has 120 valence electrons. The number of hydrogen-bond acceptors (Lipinski definition) is 5. The molecular weight excluding hydrogens is 327 g/mol. The van der Waals surface area contributed by atoms with E-state index in [4.69, 9.17) is 0 Å². The Balaban J connectivity index is 1.41. The maximum absolute atomic E-state index is 13.0. The molecule has 0 bridgehead atoms. The van der Waals surface area contributed by atoms with Crippen LogP contribution < -0.4 is 5.32 Å². The molecule has 0 aliphatic heterocycles. The number of thiazole rings is 1. The van der Waals surface area contributed by atoms with Crippen molar-refractivity contribution in [3.05, 3.63) is 65.3 Å². The van der Waals surface area contributed by atoms with E-state index < -0.39 is 0 Å². The first kappa shape index (κ1) is 14.9. The van der Waals surface area contributed by atoms with E-state index in [1.165, 1.54) is 23.5 Å². The standard InChI is InChI=1S/C17H13FN4OS/c18-11-3-1-10(2-4-11)12-7-13(12)21-16(23)15-9-24-17(22-15)14-8-19-5-6-20-14/h1-6,8-9,12-13H,7H2,(H,21,23)/t12-,13-/m1/s1. The first-order valence-electron chi connectivity index (χ1n) is 7.49. The number of halogens is 1. The van der Waals surface area contributed by atoms with Crippen LogP contribution in [0.1, 0.15) is 28.4 Å².